The van der Waals surface area contributed by atoms with Crippen LogP contribution < -0.4 is 10.2 Å². The van der Waals surface area contributed by atoms with Gasteiger partial charge in [-0.25, -0.2) is 4.79 Å². The van der Waals surface area contributed by atoms with Gasteiger partial charge in [-0.05, 0) is 81.6 Å². The molecular weight excluding hydrogens is 582 g/mol. The number of hydrogen-bond acceptors (Lipinski definition) is 6. The third-order valence-electron chi connectivity index (χ3n) is 8.40. The number of carbonyl (C=O) groups is 4. The lowest BCUT2D eigenvalue weighted by Crippen LogP contribution is -2.45. The zero-order valence-electron chi connectivity index (χ0n) is 27.2. The highest BCUT2D eigenvalue weighted by Gasteiger charge is 2.36. The van der Waals surface area contributed by atoms with Gasteiger partial charge in [0.25, 0.3) is 11.8 Å². The predicted octanol–water partition coefficient (Wildman–Crippen LogP) is 4.99. The molecule has 0 aliphatic carbocycles. The average molecular weight is 622 g/mol. The summed E-state index contributed by atoms with van der Waals surface area (Å²) >= 11 is 0. The van der Waals surface area contributed by atoms with E-state index in [1.165, 1.54) is 9.80 Å². The molecule has 5 rings (SSSR count). The fourth-order valence-electron chi connectivity index (χ4n) is 5.85. The van der Waals surface area contributed by atoms with Crippen molar-refractivity contribution < 1.29 is 23.9 Å². The fourth-order valence-corrected chi connectivity index (χ4v) is 5.85. The molecule has 3 aromatic carbocycles. The van der Waals surface area contributed by atoms with Crippen LogP contribution in [0.1, 0.15) is 67.2 Å². The largest absolute Gasteiger partial charge is 0.457 e. The molecule has 1 aliphatic heterocycles. The van der Waals surface area contributed by atoms with Crippen LogP contribution in [0.5, 0.6) is 0 Å². The Balaban J connectivity index is 1.29. The highest BCUT2D eigenvalue weighted by molar-refractivity contribution is 6.11. The number of amides is 3. The smallest absolute Gasteiger partial charge is 0.338 e. The van der Waals surface area contributed by atoms with Crippen molar-refractivity contribution in [2.75, 3.05) is 18.5 Å². The second-order valence-electron chi connectivity index (χ2n) is 12.0. The molecular formula is C36H39N5O5. The van der Waals surface area contributed by atoms with Gasteiger partial charge < -0.3 is 19.9 Å². The fraction of sp³-hybridized carbons (Fsp3) is 0.306. The first kappa shape index (κ1) is 32.2. The molecule has 1 unspecified atom stereocenters. The molecule has 0 saturated heterocycles. The van der Waals surface area contributed by atoms with Gasteiger partial charge in [-0.15, -0.1) is 0 Å². The van der Waals surface area contributed by atoms with Crippen molar-refractivity contribution in [2.24, 2.45) is 7.05 Å². The highest BCUT2D eigenvalue weighted by atomic mass is 16.5. The maximum Gasteiger partial charge on any atom is 0.338 e. The van der Waals surface area contributed by atoms with Crippen LogP contribution >= 0.6 is 0 Å². The summed E-state index contributed by atoms with van der Waals surface area (Å²) in [6, 6.07) is 17.2. The van der Waals surface area contributed by atoms with E-state index in [9.17, 15) is 19.2 Å². The van der Waals surface area contributed by atoms with Crippen molar-refractivity contribution in [2.45, 2.75) is 53.3 Å². The maximum absolute atomic E-state index is 13.9. The number of carbonyl (C=O) groups excluding carboxylic acids is 4. The molecule has 0 fully saturated rings. The van der Waals surface area contributed by atoms with E-state index in [4.69, 9.17) is 4.74 Å². The summed E-state index contributed by atoms with van der Waals surface area (Å²) in [5, 5.41) is 7.15. The van der Waals surface area contributed by atoms with E-state index in [1.54, 1.807) is 62.1 Å². The van der Waals surface area contributed by atoms with E-state index >= 15 is 0 Å². The van der Waals surface area contributed by atoms with E-state index in [1.807, 2.05) is 58.2 Å². The first-order chi connectivity index (χ1) is 21.8. The summed E-state index contributed by atoms with van der Waals surface area (Å²) in [4.78, 5) is 56.2. The van der Waals surface area contributed by atoms with Crippen LogP contribution in [0.15, 0.2) is 66.9 Å². The summed E-state index contributed by atoms with van der Waals surface area (Å²) in [5.41, 5.74) is 7.17. The quantitative estimate of drug-likeness (QED) is 0.277. The van der Waals surface area contributed by atoms with Gasteiger partial charge in [0.1, 0.15) is 12.1 Å². The second-order valence-corrected chi connectivity index (χ2v) is 12.0. The molecule has 0 saturated carbocycles. The van der Waals surface area contributed by atoms with Crippen molar-refractivity contribution in [3.05, 3.63) is 106 Å². The van der Waals surface area contributed by atoms with Crippen molar-refractivity contribution in [3.8, 4) is 11.3 Å². The summed E-state index contributed by atoms with van der Waals surface area (Å²) in [5.74, 6) is -1.28. The third-order valence-corrected chi connectivity index (χ3v) is 8.40. The number of nitrogens with one attached hydrogen (secondary N) is 1. The van der Waals surface area contributed by atoms with E-state index in [0.717, 1.165) is 27.9 Å². The van der Waals surface area contributed by atoms with Crippen LogP contribution in [0.25, 0.3) is 11.3 Å². The van der Waals surface area contributed by atoms with Crippen molar-refractivity contribution in [1.29, 1.82) is 0 Å². The Labute approximate surface area is 269 Å². The standard InChI is InChI=1S/C36H39N5O5/c1-21-11-13-29(22(2)15-21)36(45)46-24(4)19-37-33(42)28-10-8-9-26(16-28)20-41-25(5)34(43)39(6)31-17-27(12-14-30(31)35(41)44)32-23(3)18-38-40(32)7/h8-18,24-25H,19-20H2,1-7H3,(H,37,42)/t24?,25-/m1/s1. The van der Waals surface area contributed by atoms with Gasteiger partial charge in [-0.3, -0.25) is 19.1 Å². The summed E-state index contributed by atoms with van der Waals surface area (Å²) in [7, 11) is 3.54. The summed E-state index contributed by atoms with van der Waals surface area (Å²) < 4.78 is 7.33. The predicted molar refractivity (Wildman–Crippen MR) is 176 cm³/mol. The molecule has 1 aromatic heterocycles. The number of ether oxygens (including phenoxy) is 1. The topological polar surface area (TPSA) is 114 Å². The van der Waals surface area contributed by atoms with E-state index in [0.29, 0.717) is 27.9 Å². The summed E-state index contributed by atoms with van der Waals surface area (Å²) in [6.45, 7) is 9.47. The molecule has 4 aromatic rings. The Kier molecular flexibility index (Phi) is 9.09. The summed E-state index contributed by atoms with van der Waals surface area (Å²) in [6.07, 6.45) is 1.23. The lowest BCUT2D eigenvalue weighted by Gasteiger charge is -2.27. The number of nitrogens with zero attached hydrogens (tertiary/aromatic N) is 4. The first-order valence-corrected chi connectivity index (χ1v) is 15.2. The number of aromatic nitrogens is 2. The zero-order chi connectivity index (χ0) is 33.3. The van der Waals surface area contributed by atoms with Gasteiger partial charge in [0.05, 0.1) is 35.2 Å². The molecule has 0 spiro atoms. The van der Waals surface area contributed by atoms with Crippen molar-refractivity contribution in [3.63, 3.8) is 0 Å². The molecule has 2 heterocycles. The van der Waals surface area contributed by atoms with Gasteiger partial charge in [0, 0.05) is 31.8 Å². The van der Waals surface area contributed by atoms with Crippen molar-refractivity contribution >= 4 is 29.4 Å². The second kappa shape index (κ2) is 13.0. The normalized spacial score (nSPS) is 15.3. The number of aryl methyl sites for hydroxylation is 4. The Hall–Kier alpha value is -5.25. The molecule has 10 heteroatoms. The minimum atomic E-state index is -0.739. The SMILES string of the molecule is Cc1ccc(C(=O)OC(C)CNC(=O)c2cccc(CN3C(=O)c4ccc(-c5c(C)cnn5C)cc4N(C)C(=O)[C@H]3C)c2)c(C)c1. The van der Waals surface area contributed by atoms with E-state index in [-0.39, 0.29) is 30.8 Å². The Morgan fingerprint density at radius 2 is 1.74 bits per heavy atom. The first-order valence-electron chi connectivity index (χ1n) is 15.2. The van der Waals surface area contributed by atoms with Crippen LogP contribution in [0, 0.1) is 20.8 Å². The van der Waals surface area contributed by atoms with Gasteiger partial charge in [-0.1, -0.05) is 35.9 Å². The molecule has 1 aliphatic rings. The van der Waals surface area contributed by atoms with Crippen LogP contribution in [-0.2, 0) is 23.1 Å². The number of likely N-dealkylation sites (N-methyl/N-ethyl adjacent to an activating group) is 1. The van der Waals surface area contributed by atoms with Crippen LogP contribution in [0.4, 0.5) is 5.69 Å². The molecule has 0 radical (unpaired) electrons. The van der Waals surface area contributed by atoms with Gasteiger partial charge in [0.15, 0.2) is 0 Å². The lowest BCUT2D eigenvalue weighted by atomic mass is 10.0. The minimum absolute atomic E-state index is 0.124. The minimum Gasteiger partial charge on any atom is -0.457 e. The van der Waals surface area contributed by atoms with Gasteiger partial charge in [0.2, 0.25) is 5.91 Å². The van der Waals surface area contributed by atoms with Gasteiger partial charge in [-0.2, -0.15) is 5.10 Å². The number of esters is 1. The van der Waals surface area contributed by atoms with Crippen LogP contribution in [0.2, 0.25) is 0 Å². The molecule has 238 valence electrons. The molecule has 1 N–H and O–H groups in total. The monoisotopic (exact) mass is 621 g/mol. The molecule has 2 atom stereocenters. The molecule has 10 nitrogen and oxygen atoms in total. The number of anilines is 1. The van der Waals surface area contributed by atoms with E-state index < -0.39 is 18.1 Å². The zero-order valence-corrected chi connectivity index (χ0v) is 27.2. The van der Waals surface area contributed by atoms with Crippen molar-refractivity contribution in [1.82, 2.24) is 20.0 Å². The van der Waals surface area contributed by atoms with Crippen LogP contribution in [0.3, 0.4) is 0 Å². The Morgan fingerprint density at radius 3 is 2.43 bits per heavy atom. The molecule has 0 bridgehead atoms. The third kappa shape index (κ3) is 6.42. The van der Waals surface area contributed by atoms with E-state index in [2.05, 4.69) is 10.4 Å². The number of hydrogen-bond donors (Lipinski definition) is 1. The average Bonchev–Trinajstić information content (AvgIpc) is 3.35. The highest BCUT2D eigenvalue weighted by Crippen LogP contribution is 2.33. The lowest BCUT2D eigenvalue weighted by molar-refractivity contribution is -0.122. The maximum atomic E-state index is 13.9. The van der Waals surface area contributed by atoms with Gasteiger partial charge >= 0.3 is 5.97 Å². The number of fused-ring (bicyclic) bond motifs is 1. The molecule has 3 amide bonds. The number of rotatable bonds is 8. The Morgan fingerprint density at radius 1 is 0.978 bits per heavy atom. The van der Waals surface area contributed by atoms with Crippen LogP contribution in [-0.4, -0.2) is 64.1 Å². The number of benzene rings is 3. The molecule has 46 heavy (non-hydrogen) atoms. The Bertz CT molecular complexity index is 1820.